The fourth-order valence-electron chi connectivity index (χ4n) is 3.31. The number of hydrogen-bond acceptors (Lipinski definition) is 5. The summed E-state index contributed by atoms with van der Waals surface area (Å²) in [5.41, 5.74) is 0.841. The number of nitrogens with zero attached hydrogens (tertiary/aromatic N) is 6. The molecule has 0 aromatic carbocycles. The van der Waals surface area contributed by atoms with Crippen LogP contribution in [0.2, 0.25) is 0 Å². The highest BCUT2D eigenvalue weighted by molar-refractivity contribution is 5.51. The quantitative estimate of drug-likeness (QED) is 0.809. The predicted molar refractivity (Wildman–Crippen MR) is 70.5 cm³/mol. The van der Waals surface area contributed by atoms with Crippen LogP contribution in [0.1, 0.15) is 19.3 Å². The summed E-state index contributed by atoms with van der Waals surface area (Å²) in [6.07, 6.45) is 7.32. The van der Waals surface area contributed by atoms with Gasteiger partial charge in [-0.3, -0.25) is 0 Å². The van der Waals surface area contributed by atoms with Gasteiger partial charge in [-0.2, -0.15) is 5.10 Å². The van der Waals surface area contributed by atoms with Gasteiger partial charge in [-0.15, -0.1) is 0 Å². The first-order valence-electron chi connectivity index (χ1n) is 6.75. The topological polar surface area (TPSA) is 59.7 Å². The van der Waals surface area contributed by atoms with E-state index >= 15 is 0 Å². The molecule has 4 rings (SSSR count). The fraction of sp³-hybridized carbons (Fsp3) is 0.538. The van der Waals surface area contributed by atoms with Crippen LogP contribution in [0.15, 0.2) is 18.6 Å². The van der Waals surface area contributed by atoms with E-state index in [1.165, 1.54) is 19.3 Å². The highest BCUT2D eigenvalue weighted by Gasteiger charge is 2.39. The van der Waals surface area contributed by atoms with Crippen molar-refractivity contribution < 1.29 is 0 Å². The summed E-state index contributed by atoms with van der Waals surface area (Å²) < 4.78 is 1.74. The van der Waals surface area contributed by atoms with Gasteiger partial charge in [-0.25, -0.2) is 19.6 Å². The fourth-order valence-corrected chi connectivity index (χ4v) is 3.31. The molecule has 0 unspecified atom stereocenters. The standard InChI is InChI=1S/C13H16N6/c1-18-12(15-8-16-18)11-4-5-14-13(17-11)19-7-9-2-3-10(19)6-9/h4-5,8-10H,2-3,6-7H2,1H3/t9-,10-/m0/s1. The molecule has 6 heteroatoms. The third-order valence-corrected chi connectivity index (χ3v) is 4.25. The van der Waals surface area contributed by atoms with E-state index in [1.807, 2.05) is 19.3 Å². The van der Waals surface area contributed by atoms with Crippen LogP contribution in [0.25, 0.3) is 11.5 Å². The normalized spacial score (nSPS) is 25.2. The highest BCUT2D eigenvalue weighted by Crippen LogP contribution is 2.39. The molecule has 1 aliphatic carbocycles. The van der Waals surface area contributed by atoms with E-state index in [4.69, 9.17) is 0 Å². The second-order valence-corrected chi connectivity index (χ2v) is 5.43. The van der Waals surface area contributed by atoms with Crippen LogP contribution in [0, 0.1) is 5.92 Å². The van der Waals surface area contributed by atoms with Crippen molar-refractivity contribution in [2.45, 2.75) is 25.3 Å². The van der Waals surface area contributed by atoms with Crippen molar-refractivity contribution in [2.75, 3.05) is 11.4 Å². The van der Waals surface area contributed by atoms with Gasteiger partial charge >= 0.3 is 0 Å². The minimum Gasteiger partial charge on any atom is -0.338 e. The third kappa shape index (κ3) is 1.70. The molecule has 2 aromatic rings. The van der Waals surface area contributed by atoms with Crippen molar-refractivity contribution in [1.29, 1.82) is 0 Å². The summed E-state index contributed by atoms with van der Waals surface area (Å²) in [6.45, 7) is 1.10. The Morgan fingerprint density at radius 2 is 2.21 bits per heavy atom. The third-order valence-electron chi connectivity index (χ3n) is 4.25. The van der Waals surface area contributed by atoms with Crippen molar-refractivity contribution in [3.63, 3.8) is 0 Å². The molecule has 0 radical (unpaired) electrons. The van der Waals surface area contributed by atoms with Gasteiger partial charge < -0.3 is 4.90 Å². The van der Waals surface area contributed by atoms with E-state index in [0.717, 1.165) is 29.9 Å². The van der Waals surface area contributed by atoms with E-state index in [-0.39, 0.29) is 0 Å². The molecule has 1 saturated heterocycles. The van der Waals surface area contributed by atoms with E-state index in [9.17, 15) is 0 Å². The molecule has 2 atom stereocenters. The maximum absolute atomic E-state index is 4.67. The molecule has 2 aliphatic rings. The summed E-state index contributed by atoms with van der Waals surface area (Å²) in [5, 5.41) is 4.09. The van der Waals surface area contributed by atoms with Crippen LogP contribution in [0.5, 0.6) is 0 Å². The Bertz CT molecular complexity index is 607. The van der Waals surface area contributed by atoms with Gasteiger partial charge in [0.05, 0.1) is 0 Å². The molecule has 98 valence electrons. The lowest BCUT2D eigenvalue weighted by Crippen LogP contribution is -2.33. The molecule has 1 aliphatic heterocycles. The van der Waals surface area contributed by atoms with Crippen LogP contribution in [0.3, 0.4) is 0 Å². The smallest absolute Gasteiger partial charge is 0.226 e. The second kappa shape index (κ2) is 4.01. The van der Waals surface area contributed by atoms with E-state index in [2.05, 4.69) is 25.0 Å². The summed E-state index contributed by atoms with van der Waals surface area (Å²) in [6, 6.07) is 2.53. The van der Waals surface area contributed by atoms with Crippen molar-refractivity contribution in [2.24, 2.45) is 13.0 Å². The number of fused-ring (bicyclic) bond motifs is 2. The lowest BCUT2D eigenvalue weighted by atomic mass is 10.1. The lowest BCUT2D eigenvalue weighted by molar-refractivity contribution is 0.546. The molecule has 2 aromatic heterocycles. The maximum atomic E-state index is 4.67. The van der Waals surface area contributed by atoms with Gasteiger partial charge in [-0.1, -0.05) is 0 Å². The van der Waals surface area contributed by atoms with Crippen LogP contribution >= 0.6 is 0 Å². The lowest BCUT2D eigenvalue weighted by Gasteiger charge is -2.26. The SMILES string of the molecule is Cn1ncnc1-c1ccnc(N2C[C@H]3CC[C@H]2C3)n1. The van der Waals surface area contributed by atoms with Crippen LogP contribution in [-0.4, -0.2) is 37.3 Å². The second-order valence-electron chi connectivity index (χ2n) is 5.43. The van der Waals surface area contributed by atoms with Gasteiger partial charge in [0.2, 0.25) is 5.95 Å². The molecule has 0 amide bonds. The molecule has 6 nitrogen and oxygen atoms in total. The largest absolute Gasteiger partial charge is 0.338 e. The number of aromatic nitrogens is 5. The maximum Gasteiger partial charge on any atom is 0.226 e. The Hall–Kier alpha value is -1.98. The number of rotatable bonds is 2. The minimum atomic E-state index is 0.639. The van der Waals surface area contributed by atoms with E-state index in [0.29, 0.717) is 6.04 Å². The van der Waals surface area contributed by atoms with Crippen LogP contribution in [0.4, 0.5) is 5.95 Å². The first-order valence-corrected chi connectivity index (χ1v) is 6.75. The van der Waals surface area contributed by atoms with Crippen molar-refractivity contribution >= 4 is 5.95 Å². The van der Waals surface area contributed by atoms with E-state index < -0.39 is 0 Å². The first kappa shape index (κ1) is 10.9. The zero-order chi connectivity index (χ0) is 12.8. The first-order chi connectivity index (χ1) is 9.31. The number of aryl methyl sites for hydroxylation is 1. The van der Waals surface area contributed by atoms with Crippen molar-refractivity contribution in [3.8, 4) is 11.5 Å². The zero-order valence-electron chi connectivity index (χ0n) is 10.9. The van der Waals surface area contributed by atoms with Gasteiger partial charge in [0.25, 0.3) is 0 Å². The van der Waals surface area contributed by atoms with Crippen molar-refractivity contribution in [1.82, 2.24) is 24.7 Å². The Labute approximate surface area is 111 Å². The van der Waals surface area contributed by atoms with Gasteiger partial charge in [-0.05, 0) is 31.2 Å². The average Bonchev–Trinajstić information content (AvgIpc) is 3.14. The molecule has 1 saturated carbocycles. The zero-order valence-corrected chi connectivity index (χ0v) is 10.9. The molecule has 2 bridgehead atoms. The summed E-state index contributed by atoms with van der Waals surface area (Å²) in [4.78, 5) is 15.7. The van der Waals surface area contributed by atoms with E-state index in [1.54, 1.807) is 11.0 Å². The minimum absolute atomic E-state index is 0.639. The Balaban J connectivity index is 1.69. The summed E-state index contributed by atoms with van der Waals surface area (Å²) >= 11 is 0. The molecule has 0 N–H and O–H groups in total. The van der Waals surface area contributed by atoms with Crippen molar-refractivity contribution in [3.05, 3.63) is 18.6 Å². The Morgan fingerprint density at radius 1 is 1.26 bits per heavy atom. The Morgan fingerprint density at radius 3 is 2.89 bits per heavy atom. The van der Waals surface area contributed by atoms with Gasteiger partial charge in [0, 0.05) is 25.8 Å². The number of piperidine rings is 1. The summed E-state index contributed by atoms with van der Waals surface area (Å²) in [5.74, 6) is 2.47. The molecule has 0 spiro atoms. The van der Waals surface area contributed by atoms with Gasteiger partial charge in [0.15, 0.2) is 5.82 Å². The number of hydrogen-bond donors (Lipinski definition) is 0. The molecular weight excluding hydrogens is 240 g/mol. The predicted octanol–water partition coefficient (Wildman–Crippen LogP) is 1.26. The van der Waals surface area contributed by atoms with Crippen LogP contribution in [-0.2, 0) is 7.05 Å². The highest BCUT2D eigenvalue weighted by atomic mass is 15.3. The molecule has 2 fully saturated rings. The molecule has 19 heavy (non-hydrogen) atoms. The van der Waals surface area contributed by atoms with Gasteiger partial charge in [0.1, 0.15) is 12.0 Å². The molecular formula is C13H16N6. The Kier molecular flexibility index (Phi) is 2.30. The number of anilines is 1. The van der Waals surface area contributed by atoms with Crippen LogP contribution < -0.4 is 4.90 Å². The average molecular weight is 256 g/mol. The summed E-state index contributed by atoms with van der Waals surface area (Å²) in [7, 11) is 1.88. The monoisotopic (exact) mass is 256 g/mol. The molecule has 3 heterocycles.